The average molecular weight is 286 g/mol. The summed E-state index contributed by atoms with van der Waals surface area (Å²) in [6, 6.07) is 6.13. The fourth-order valence-corrected chi connectivity index (χ4v) is 2.75. The molecule has 1 aromatic carbocycles. The van der Waals surface area contributed by atoms with E-state index < -0.39 is 11.3 Å². The summed E-state index contributed by atoms with van der Waals surface area (Å²) >= 11 is 1.38. The maximum absolute atomic E-state index is 12.3. The first-order chi connectivity index (χ1) is 9.58. The summed E-state index contributed by atoms with van der Waals surface area (Å²) in [4.78, 5) is 30.2. The van der Waals surface area contributed by atoms with Gasteiger partial charge in [-0.15, -0.1) is 11.3 Å². The largest absolute Gasteiger partial charge is 0.507 e. The third-order valence-electron chi connectivity index (χ3n) is 2.92. The highest BCUT2D eigenvalue weighted by atomic mass is 32.1. The van der Waals surface area contributed by atoms with Crippen LogP contribution in [0.2, 0.25) is 0 Å². The Morgan fingerprint density at radius 1 is 1.30 bits per heavy atom. The molecule has 0 atom stereocenters. The van der Waals surface area contributed by atoms with Crippen LogP contribution < -0.4 is 5.56 Å². The van der Waals surface area contributed by atoms with E-state index in [1.807, 2.05) is 6.92 Å². The monoisotopic (exact) mass is 286 g/mol. The van der Waals surface area contributed by atoms with Gasteiger partial charge < -0.3 is 5.11 Å². The number of hydrogen-bond donors (Lipinski definition) is 1. The quantitative estimate of drug-likeness (QED) is 0.731. The molecule has 20 heavy (non-hydrogen) atoms. The molecule has 3 aromatic rings. The van der Waals surface area contributed by atoms with E-state index in [4.69, 9.17) is 0 Å². The Morgan fingerprint density at radius 2 is 2.05 bits per heavy atom. The number of thiazole rings is 1. The smallest absolute Gasteiger partial charge is 0.269 e. The van der Waals surface area contributed by atoms with E-state index in [0.717, 1.165) is 4.88 Å². The predicted molar refractivity (Wildman–Crippen MR) is 75.6 cm³/mol. The molecule has 0 unspecified atom stereocenters. The number of nitrogens with zero attached hydrogens (tertiary/aromatic N) is 2. The van der Waals surface area contributed by atoms with E-state index in [1.165, 1.54) is 34.1 Å². The van der Waals surface area contributed by atoms with E-state index in [1.54, 1.807) is 18.3 Å². The van der Waals surface area contributed by atoms with Gasteiger partial charge in [0.05, 0.1) is 5.56 Å². The zero-order chi connectivity index (χ0) is 14.3. The Morgan fingerprint density at radius 3 is 2.80 bits per heavy atom. The highest BCUT2D eigenvalue weighted by molar-refractivity contribution is 7.16. The molecule has 2 aromatic heterocycles. The van der Waals surface area contributed by atoms with Gasteiger partial charge in [-0.3, -0.25) is 14.0 Å². The van der Waals surface area contributed by atoms with Gasteiger partial charge in [0.15, 0.2) is 4.96 Å². The lowest BCUT2D eigenvalue weighted by Gasteiger charge is -2.03. The van der Waals surface area contributed by atoms with E-state index in [2.05, 4.69) is 4.98 Å². The van der Waals surface area contributed by atoms with Gasteiger partial charge >= 0.3 is 0 Å². The summed E-state index contributed by atoms with van der Waals surface area (Å²) in [5, 5.41) is 9.70. The van der Waals surface area contributed by atoms with Crippen LogP contribution in [0.5, 0.6) is 5.75 Å². The molecule has 0 radical (unpaired) electrons. The molecule has 1 N–H and O–H groups in total. The van der Waals surface area contributed by atoms with Crippen molar-refractivity contribution < 1.29 is 9.90 Å². The number of aromatic nitrogens is 2. The molecule has 3 rings (SSSR count). The normalized spacial score (nSPS) is 10.8. The molecule has 2 heterocycles. The number of fused-ring (bicyclic) bond motifs is 1. The Labute approximate surface area is 117 Å². The van der Waals surface area contributed by atoms with Crippen LogP contribution in [0.3, 0.4) is 0 Å². The Kier molecular flexibility index (Phi) is 2.87. The molecule has 0 saturated carbocycles. The number of phenolic OH excluding ortho intramolecular Hbond substituents is 1. The van der Waals surface area contributed by atoms with Crippen molar-refractivity contribution in [3.63, 3.8) is 0 Å². The second-order valence-corrected chi connectivity index (χ2v) is 5.53. The molecule has 0 aliphatic rings. The second-order valence-electron chi connectivity index (χ2n) is 4.32. The first-order valence-electron chi connectivity index (χ1n) is 5.88. The minimum atomic E-state index is -0.529. The van der Waals surface area contributed by atoms with Crippen LogP contribution in [-0.2, 0) is 0 Å². The van der Waals surface area contributed by atoms with Crippen LogP contribution in [0, 0.1) is 6.92 Å². The summed E-state index contributed by atoms with van der Waals surface area (Å²) < 4.78 is 1.35. The van der Waals surface area contributed by atoms with Crippen LogP contribution in [0.4, 0.5) is 0 Å². The van der Waals surface area contributed by atoms with Crippen molar-refractivity contribution in [3.05, 3.63) is 63.0 Å². The third-order valence-corrected chi connectivity index (χ3v) is 3.83. The van der Waals surface area contributed by atoms with Crippen molar-refractivity contribution >= 4 is 22.1 Å². The molecule has 0 aliphatic heterocycles. The van der Waals surface area contributed by atoms with Crippen LogP contribution in [-0.4, -0.2) is 20.3 Å². The minimum absolute atomic E-state index is 0.0539. The zero-order valence-electron chi connectivity index (χ0n) is 10.5. The second kappa shape index (κ2) is 4.57. The SMILES string of the molecule is Cc1cn2c(=O)c(C(=O)c3ccccc3O)cnc2s1. The number of aryl methyl sites for hydroxylation is 1. The minimum Gasteiger partial charge on any atom is -0.507 e. The standard InChI is InChI=1S/C14H10N2O3S/c1-8-7-16-13(19)10(6-15-14(16)20-8)12(18)9-4-2-3-5-11(9)17/h2-7,17H,1H3. The number of hydrogen-bond acceptors (Lipinski definition) is 5. The van der Waals surface area contributed by atoms with Gasteiger partial charge in [0.25, 0.3) is 5.56 Å². The lowest BCUT2D eigenvalue weighted by molar-refractivity contribution is 0.103. The predicted octanol–water partition coefficient (Wildman–Crippen LogP) is 2.00. The summed E-state index contributed by atoms with van der Waals surface area (Å²) in [5.74, 6) is -0.678. The van der Waals surface area contributed by atoms with E-state index in [0.29, 0.717) is 4.96 Å². The topological polar surface area (TPSA) is 71.7 Å². The van der Waals surface area contributed by atoms with Gasteiger partial charge in [-0.1, -0.05) is 12.1 Å². The maximum Gasteiger partial charge on any atom is 0.269 e. The fraction of sp³-hybridized carbons (Fsp3) is 0.0714. The van der Waals surface area contributed by atoms with Crippen molar-refractivity contribution in [1.82, 2.24) is 9.38 Å². The molecule has 0 bridgehead atoms. The summed E-state index contributed by atoms with van der Waals surface area (Å²) in [6.45, 7) is 1.86. The molecule has 0 saturated heterocycles. The van der Waals surface area contributed by atoms with Crippen molar-refractivity contribution in [1.29, 1.82) is 0 Å². The van der Waals surface area contributed by atoms with E-state index in [9.17, 15) is 14.7 Å². The van der Waals surface area contributed by atoms with Gasteiger partial charge in [0.2, 0.25) is 5.78 Å². The van der Waals surface area contributed by atoms with Crippen molar-refractivity contribution in [3.8, 4) is 5.75 Å². The molecular formula is C14H10N2O3S. The first-order valence-corrected chi connectivity index (χ1v) is 6.70. The van der Waals surface area contributed by atoms with Crippen LogP contribution in [0.25, 0.3) is 4.96 Å². The highest BCUT2D eigenvalue weighted by Gasteiger charge is 2.18. The Balaban J connectivity index is 2.20. The van der Waals surface area contributed by atoms with E-state index >= 15 is 0 Å². The number of para-hydroxylation sites is 1. The zero-order valence-corrected chi connectivity index (χ0v) is 11.3. The third kappa shape index (κ3) is 1.90. The van der Waals surface area contributed by atoms with Gasteiger partial charge in [-0.25, -0.2) is 4.98 Å². The lowest BCUT2D eigenvalue weighted by atomic mass is 10.1. The number of aromatic hydroxyl groups is 1. The Hall–Kier alpha value is -2.47. The Bertz CT molecular complexity index is 880. The molecule has 0 aliphatic carbocycles. The summed E-state index contributed by atoms with van der Waals surface area (Å²) in [6.07, 6.45) is 2.92. The van der Waals surface area contributed by atoms with Gasteiger partial charge in [-0.05, 0) is 19.1 Å². The average Bonchev–Trinajstić information content (AvgIpc) is 2.81. The van der Waals surface area contributed by atoms with Gasteiger partial charge in [0, 0.05) is 17.3 Å². The van der Waals surface area contributed by atoms with Gasteiger partial charge in [-0.2, -0.15) is 0 Å². The van der Waals surface area contributed by atoms with Crippen molar-refractivity contribution in [2.24, 2.45) is 0 Å². The van der Waals surface area contributed by atoms with Crippen LogP contribution in [0.1, 0.15) is 20.8 Å². The lowest BCUT2D eigenvalue weighted by Crippen LogP contribution is -2.22. The van der Waals surface area contributed by atoms with Gasteiger partial charge in [0.1, 0.15) is 11.3 Å². The number of carbonyl (C=O) groups is 1. The number of rotatable bonds is 2. The molecule has 6 heteroatoms. The summed E-state index contributed by atoms with van der Waals surface area (Å²) in [7, 11) is 0. The van der Waals surface area contributed by atoms with E-state index in [-0.39, 0.29) is 16.9 Å². The number of benzene rings is 1. The number of ketones is 1. The molecule has 100 valence electrons. The fourth-order valence-electron chi connectivity index (χ4n) is 1.96. The molecule has 5 nitrogen and oxygen atoms in total. The number of carbonyl (C=O) groups excluding carboxylic acids is 1. The molecule has 0 spiro atoms. The summed E-state index contributed by atoms with van der Waals surface area (Å²) in [5.41, 5.74) is -0.382. The number of phenols is 1. The first kappa shape index (κ1) is 12.6. The maximum atomic E-state index is 12.3. The van der Waals surface area contributed by atoms with Crippen LogP contribution >= 0.6 is 11.3 Å². The van der Waals surface area contributed by atoms with Crippen LogP contribution in [0.15, 0.2) is 41.5 Å². The van der Waals surface area contributed by atoms with Crippen molar-refractivity contribution in [2.45, 2.75) is 6.92 Å². The molecular weight excluding hydrogens is 276 g/mol. The molecule has 0 fully saturated rings. The molecule has 0 amide bonds. The van der Waals surface area contributed by atoms with Crippen molar-refractivity contribution in [2.75, 3.05) is 0 Å². The highest BCUT2D eigenvalue weighted by Crippen LogP contribution is 2.19.